The van der Waals surface area contributed by atoms with Gasteiger partial charge in [-0.25, -0.2) is 4.79 Å². The van der Waals surface area contributed by atoms with Gasteiger partial charge in [0, 0.05) is 23.0 Å². The summed E-state index contributed by atoms with van der Waals surface area (Å²) in [5, 5.41) is 1.01. The van der Waals surface area contributed by atoms with Crippen molar-refractivity contribution in [2.24, 2.45) is 5.73 Å². The number of nitrogens with zero attached hydrogens (tertiary/aromatic N) is 2. The zero-order valence-corrected chi connectivity index (χ0v) is 19.8. The molecule has 0 heterocycles. The van der Waals surface area contributed by atoms with E-state index in [2.05, 4.69) is 0 Å². The third-order valence-corrected chi connectivity index (χ3v) is 6.92. The molecule has 0 aromatic heterocycles. The highest BCUT2D eigenvalue weighted by Crippen LogP contribution is 2.53. The molecule has 7 heteroatoms. The number of quaternary nitrogens is 1. The van der Waals surface area contributed by atoms with E-state index >= 15 is 0 Å². The first-order valence-electron chi connectivity index (χ1n) is 10.4. The molecule has 1 fully saturated rings. The predicted molar refractivity (Wildman–Crippen MR) is 125 cm³/mol. The molecule has 0 radical (unpaired) electrons. The molecule has 2 amide bonds. The highest BCUT2D eigenvalue weighted by Gasteiger charge is 2.62. The number of hydrogen-bond donors (Lipinski definition) is 1. The molecule has 2 aromatic carbocycles. The van der Waals surface area contributed by atoms with E-state index < -0.39 is 17.4 Å². The predicted octanol–water partition coefficient (Wildman–Crippen LogP) is 3.66. The van der Waals surface area contributed by atoms with Gasteiger partial charge in [-0.1, -0.05) is 59.6 Å². The maximum absolute atomic E-state index is 14.2. The van der Waals surface area contributed by atoms with Gasteiger partial charge in [0.1, 0.15) is 5.41 Å². The Kier molecular flexibility index (Phi) is 7.11. The van der Waals surface area contributed by atoms with Crippen LogP contribution >= 0.6 is 23.2 Å². The van der Waals surface area contributed by atoms with Crippen LogP contribution in [0.2, 0.25) is 10.0 Å². The lowest BCUT2D eigenvalue weighted by Gasteiger charge is -2.40. The first kappa shape index (κ1) is 23.7. The van der Waals surface area contributed by atoms with Crippen LogP contribution in [0.15, 0.2) is 48.5 Å². The summed E-state index contributed by atoms with van der Waals surface area (Å²) < 4.78 is -0.0681. The van der Waals surface area contributed by atoms with Gasteiger partial charge in [0.15, 0.2) is 6.04 Å². The molecule has 1 aliphatic carbocycles. The zero-order chi connectivity index (χ0) is 22.8. The first-order valence-corrected chi connectivity index (χ1v) is 11.2. The van der Waals surface area contributed by atoms with E-state index in [1.807, 2.05) is 62.4 Å². The number of halogens is 2. The Morgan fingerprint density at radius 3 is 2.29 bits per heavy atom. The van der Waals surface area contributed by atoms with Gasteiger partial charge in [-0.2, -0.15) is 0 Å². The SMILES string of the molecule is CN(C)CC[N+](C)(C(=O)C1(c2ccc(Cl)cc2Cl)CC1)[C@@H](Cc1ccccc1)C(N)=O. The van der Waals surface area contributed by atoms with E-state index in [0.717, 1.165) is 11.1 Å². The van der Waals surface area contributed by atoms with Gasteiger partial charge >= 0.3 is 5.91 Å². The number of hydrogen-bond acceptors (Lipinski definition) is 3. The minimum absolute atomic E-state index is 0.0155. The lowest BCUT2D eigenvalue weighted by atomic mass is 9.90. The van der Waals surface area contributed by atoms with Crippen molar-refractivity contribution in [1.29, 1.82) is 0 Å². The minimum atomic E-state index is -0.715. The van der Waals surface area contributed by atoms with Gasteiger partial charge < -0.3 is 10.6 Å². The fourth-order valence-electron chi connectivity index (χ4n) is 4.32. The van der Waals surface area contributed by atoms with E-state index in [0.29, 0.717) is 42.4 Å². The molecule has 0 aliphatic heterocycles. The summed E-state index contributed by atoms with van der Waals surface area (Å²) in [7, 11) is 5.75. The van der Waals surface area contributed by atoms with Crippen molar-refractivity contribution in [3.05, 3.63) is 69.7 Å². The summed E-state index contributed by atoms with van der Waals surface area (Å²) >= 11 is 12.6. The van der Waals surface area contributed by atoms with Crippen molar-refractivity contribution < 1.29 is 14.1 Å². The molecule has 0 saturated heterocycles. The van der Waals surface area contributed by atoms with Crippen molar-refractivity contribution in [2.45, 2.75) is 30.7 Å². The fraction of sp³-hybridized carbons (Fsp3) is 0.417. The van der Waals surface area contributed by atoms with E-state index in [-0.39, 0.29) is 10.4 Å². The smallest absolute Gasteiger partial charge is 0.324 e. The normalized spacial score (nSPS) is 17.7. The Labute approximate surface area is 194 Å². The van der Waals surface area contributed by atoms with Crippen molar-refractivity contribution in [1.82, 2.24) is 4.90 Å². The number of nitrogens with two attached hydrogens (primary N) is 1. The Balaban J connectivity index is 2.03. The lowest BCUT2D eigenvalue weighted by Crippen LogP contribution is -2.66. The van der Waals surface area contributed by atoms with Crippen molar-refractivity contribution in [3.8, 4) is 0 Å². The van der Waals surface area contributed by atoms with Crippen LogP contribution in [-0.4, -0.2) is 61.5 Å². The van der Waals surface area contributed by atoms with Crippen molar-refractivity contribution >= 4 is 35.0 Å². The second kappa shape index (κ2) is 9.29. The quantitative estimate of drug-likeness (QED) is 0.578. The summed E-state index contributed by atoms with van der Waals surface area (Å²) in [6.45, 7) is 1.12. The highest BCUT2D eigenvalue weighted by molar-refractivity contribution is 6.35. The summed E-state index contributed by atoms with van der Waals surface area (Å²) in [6.07, 6.45) is 1.79. The van der Waals surface area contributed by atoms with Crippen LogP contribution < -0.4 is 5.73 Å². The number of benzene rings is 2. The Hall–Kier alpha value is -1.92. The maximum atomic E-state index is 14.2. The molecular formula is C24H30Cl2N3O2+. The molecule has 2 aromatic rings. The molecule has 5 nitrogen and oxygen atoms in total. The third-order valence-electron chi connectivity index (χ3n) is 6.37. The molecule has 0 bridgehead atoms. The number of amides is 2. The van der Waals surface area contributed by atoms with Crippen LogP contribution in [0, 0.1) is 0 Å². The number of primary amides is 1. The van der Waals surface area contributed by atoms with Gasteiger partial charge in [0.2, 0.25) is 0 Å². The van der Waals surface area contributed by atoms with Crippen LogP contribution in [0.3, 0.4) is 0 Å². The van der Waals surface area contributed by atoms with E-state index in [1.54, 1.807) is 12.1 Å². The van der Waals surface area contributed by atoms with E-state index in [9.17, 15) is 9.59 Å². The topological polar surface area (TPSA) is 63.4 Å². The molecule has 2 N–H and O–H groups in total. The van der Waals surface area contributed by atoms with Gasteiger partial charge in [-0.3, -0.25) is 9.28 Å². The summed E-state index contributed by atoms with van der Waals surface area (Å²) in [6, 6.07) is 14.3. The first-order chi connectivity index (χ1) is 14.6. The number of rotatable bonds is 9. The molecule has 1 aliphatic rings. The van der Waals surface area contributed by atoms with E-state index in [1.165, 1.54) is 0 Å². The third kappa shape index (κ3) is 4.96. The summed E-state index contributed by atoms with van der Waals surface area (Å²) in [5.74, 6) is -0.491. The van der Waals surface area contributed by atoms with Gasteiger partial charge in [0.05, 0.1) is 13.6 Å². The number of likely N-dealkylation sites (N-methyl/N-ethyl adjacent to an activating group) is 2. The van der Waals surface area contributed by atoms with E-state index in [4.69, 9.17) is 28.9 Å². The number of carbonyl (C=O) groups is 2. The molecule has 3 rings (SSSR count). The van der Waals surface area contributed by atoms with Gasteiger partial charge in [0.25, 0.3) is 5.91 Å². The molecule has 166 valence electrons. The van der Waals surface area contributed by atoms with Crippen molar-refractivity contribution in [2.75, 3.05) is 34.2 Å². The van der Waals surface area contributed by atoms with Gasteiger partial charge in [-0.05, 0) is 50.2 Å². The summed E-state index contributed by atoms with van der Waals surface area (Å²) in [5.41, 5.74) is 6.94. The highest BCUT2D eigenvalue weighted by atomic mass is 35.5. The molecular weight excluding hydrogens is 433 g/mol. The van der Waals surface area contributed by atoms with Crippen molar-refractivity contribution in [3.63, 3.8) is 0 Å². The second-order valence-electron chi connectivity index (χ2n) is 8.91. The van der Waals surface area contributed by atoms with Crippen LogP contribution in [-0.2, 0) is 21.4 Å². The Morgan fingerprint density at radius 2 is 1.77 bits per heavy atom. The lowest BCUT2D eigenvalue weighted by molar-refractivity contribution is -0.851. The maximum Gasteiger partial charge on any atom is 0.324 e. The largest absolute Gasteiger partial charge is 0.364 e. The van der Waals surface area contributed by atoms with Gasteiger partial charge in [-0.15, -0.1) is 0 Å². The standard InChI is InChI=1S/C24H29Cl2N3O2/c1-28(2)13-14-29(3,21(22(27)30)15-17-7-5-4-6-8-17)23(31)24(11-12-24)19-10-9-18(25)16-20(19)26/h4-10,16,21H,11-15H2,1-3H3,(H-,27,30)/p+1/t21-,29?/m0/s1. The van der Waals surface area contributed by atoms with Crippen LogP contribution in [0.25, 0.3) is 0 Å². The Bertz CT molecular complexity index is 961. The van der Waals surface area contributed by atoms with Crippen LogP contribution in [0.4, 0.5) is 0 Å². The van der Waals surface area contributed by atoms with Crippen LogP contribution in [0.5, 0.6) is 0 Å². The number of carbonyl (C=O) groups excluding carboxylic acids is 2. The second-order valence-corrected chi connectivity index (χ2v) is 9.76. The summed E-state index contributed by atoms with van der Waals surface area (Å²) in [4.78, 5) is 28.9. The van der Waals surface area contributed by atoms with Crippen LogP contribution in [0.1, 0.15) is 24.0 Å². The molecule has 1 saturated carbocycles. The fourth-order valence-corrected chi connectivity index (χ4v) is 4.91. The average Bonchev–Trinajstić information content (AvgIpc) is 3.52. The average molecular weight is 463 g/mol. The molecule has 1 unspecified atom stereocenters. The molecule has 0 spiro atoms. The Morgan fingerprint density at radius 1 is 1.13 bits per heavy atom. The zero-order valence-electron chi connectivity index (χ0n) is 18.3. The molecule has 31 heavy (non-hydrogen) atoms. The molecule has 2 atom stereocenters. The minimum Gasteiger partial charge on any atom is -0.364 e. The monoisotopic (exact) mass is 462 g/mol.